The van der Waals surface area contributed by atoms with Crippen molar-refractivity contribution >= 4 is 11.6 Å². The zero-order valence-electron chi connectivity index (χ0n) is 10.7. The summed E-state index contributed by atoms with van der Waals surface area (Å²) in [5.41, 5.74) is 4.01. The van der Waals surface area contributed by atoms with Crippen LogP contribution in [-0.4, -0.2) is 19.6 Å². The fourth-order valence-corrected chi connectivity index (χ4v) is 2.22. The van der Waals surface area contributed by atoms with Crippen LogP contribution in [0.15, 0.2) is 42.9 Å². The van der Waals surface area contributed by atoms with Crippen molar-refractivity contribution in [3.05, 3.63) is 53.4 Å². The van der Waals surface area contributed by atoms with Crippen LogP contribution in [-0.2, 0) is 7.05 Å². The van der Waals surface area contributed by atoms with Crippen LogP contribution in [0.1, 0.15) is 5.56 Å². The van der Waals surface area contributed by atoms with Crippen molar-refractivity contribution in [2.45, 2.75) is 6.92 Å². The highest BCUT2D eigenvalue weighted by Gasteiger charge is 2.10. The molecule has 4 nitrogen and oxygen atoms in total. The normalized spacial score (nSPS) is 10.9. The van der Waals surface area contributed by atoms with Crippen LogP contribution in [0, 0.1) is 6.92 Å². The Morgan fingerprint density at radius 3 is 2.74 bits per heavy atom. The third-order valence-corrected chi connectivity index (χ3v) is 3.18. The summed E-state index contributed by atoms with van der Waals surface area (Å²) in [5.74, 6) is 0. The maximum absolute atomic E-state index is 6.01. The van der Waals surface area contributed by atoms with Crippen molar-refractivity contribution < 1.29 is 0 Å². The second-order valence-electron chi connectivity index (χ2n) is 4.49. The summed E-state index contributed by atoms with van der Waals surface area (Å²) in [6.45, 7) is 2.04. The molecule has 2 heterocycles. The predicted molar refractivity (Wildman–Crippen MR) is 75.5 cm³/mol. The molecular weight excluding hydrogens is 260 g/mol. The molecule has 96 valence electrons. The maximum atomic E-state index is 6.01. The van der Waals surface area contributed by atoms with E-state index in [4.69, 9.17) is 11.6 Å². The van der Waals surface area contributed by atoms with E-state index in [1.54, 1.807) is 4.68 Å². The van der Waals surface area contributed by atoms with Gasteiger partial charge in [-0.15, -0.1) is 0 Å². The summed E-state index contributed by atoms with van der Waals surface area (Å²) < 4.78 is 3.61. The van der Waals surface area contributed by atoms with Gasteiger partial charge in [-0.25, -0.2) is 4.68 Å². The van der Waals surface area contributed by atoms with Crippen molar-refractivity contribution in [3.8, 4) is 16.9 Å². The molecule has 1 aromatic carbocycles. The van der Waals surface area contributed by atoms with Gasteiger partial charge in [0.05, 0.1) is 17.6 Å². The number of halogens is 1. The Balaban J connectivity index is 2.06. The van der Waals surface area contributed by atoms with Gasteiger partial charge in [-0.05, 0) is 30.7 Å². The molecule has 0 aliphatic heterocycles. The molecule has 0 amide bonds. The second kappa shape index (κ2) is 4.55. The molecule has 0 atom stereocenters. The standard InChI is InChI=1S/C14H13ClN4/c1-10-8-19(13-5-3-4-12(15)6-13)17-14(10)11-7-16-18(2)9-11/h3-9H,1-2H3. The molecule has 2 aromatic heterocycles. The average Bonchev–Trinajstić information content (AvgIpc) is 2.95. The summed E-state index contributed by atoms with van der Waals surface area (Å²) in [7, 11) is 1.90. The van der Waals surface area contributed by atoms with Crippen LogP contribution in [0.25, 0.3) is 16.9 Å². The van der Waals surface area contributed by atoms with Crippen molar-refractivity contribution in [2.24, 2.45) is 7.05 Å². The lowest BCUT2D eigenvalue weighted by atomic mass is 10.2. The fraction of sp³-hybridized carbons (Fsp3) is 0.143. The number of hydrogen-bond acceptors (Lipinski definition) is 2. The van der Waals surface area contributed by atoms with Gasteiger partial charge in [0, 0.05) is 30.0 Å². The first kappa shape index (κ1) is 12.0. The largest absolute Gasteiger partial charge is 0.275 e. The number of rotatable bonds is 2. The highest BCUT2D eigenvalue weighted by molar-refractivity contribution is 6.30. The van der Waals surface area contributed by atoms with Gasteiger partial charge in [0.25, 0.3) is 0 Å². The van der Waals surface area contributed by atoms with Crippen LogP contribution in [0.3, 0.4) is 0 Å². The van der Waals surface area contributed by atoms with Crippen LogP contribution >= 0.6 is 11.6 Å². The Hall–Kier alpha value is -2.07. The average molecular weight is 273 g/mol. The molecule has 0 spiro atoms. The topological polar surface area (TPSA) is 35.6 Å². The third-order valence-electron chi connectivity index (χ3n) is 2.95. The zero-order valence-corrected chi connectivity index (χ0v) is 11.5. The third kappa shape index (κ3) is 2.27. The Bertz CT molecular complexity index is 727. The molecule has 0 saturated heterocycles. The molecule has 3 rings (SSSR count). The van der Waals surface area contributed by atoms with E-state index in [1.807, 2.05) is 61.5 Å². The Labute approximate surface area is 116 Å². The number of aromatic nitrogens is 4. The van der Waals surface area contributed by atoms with E-state index in [9.17, 15) is 0 Å². The fourth-order valence-electron chi connectivity index (χ4n) is 2.04. The van der Waals surface area contributed by atoms with Gasteiger partial charge in [-0.3, -0.25) is 4.68 Å². The Kier molecular flexibility index (Phi) is 2.87. The molecule has 0 aliphatic carbocycles. The molecule has 5 heteroatoms. The van der Waals surface area contributed by atoms with E-state index < -0.39 is 0 Å². The van der Waals surface area contributed by atoms with E-state index >= 15 is 0 Å². The van der Waals surface area contributed by atoms with Gasteiger partial charge in [-0.1, -0.05) is 17.7 Å². The minimum atomic E-state index is 0.702. The van der Waals surface area contributed by atoms with E-state index in [-0.39, 0.29) is 0 Å². The monoisotopic (exact) mass is 272 g/mol. The lowest BCUT2D eigenvalue weighted by Crippen LogP contribution is -1.94. The lowest BCUT2D eigenvalue weighted by molar-refractivity contribution is 0.768. The predicted octanol–water partition coefficient (Wildman–Crippen LogP) is 3.23. The maximum Gasteiger partial charge on any atom is 0.0988 e. The summed E-state index contributed by atoms with van der Waals surface area (Å²) >= 11 is 6.01. The van der Waals surface area contributed by atoms with Crippen LogP contribution in [0.2, 0.25) is 5.02 Å². The summed E-state index contributed by atoms with van der Waals surface area (Å²) in [4.78, 5) is 0. The SMILES string of the molecule is Cc1cn(-c2cccc(Cl)c2)nc1-c1cnn(C)c1. The first-order chi connectivity index (χ1) is 9.13. The highest BCUT2D eigenvalue weighted by Crippen LogP contribution is 2.23. The summed E-state index contributed by atoms with van der Waals surface area (Å²) in [5, 5.41) is 9.49. The van der Waals surface area contributed by atoms with Gasteiger partial charge < -0.3 is 0 Å². The second-order valence-corrected chi connectivity index (χ2v) is 4.92. The van der Waals surface area contributed by atoms with E-state index in [0.29, 0.717) is 5.02 Å². The van der Waals surface area contributed by atoms with Crippen molar-refractivity contribution in [2.75, 3.05) is 0 Å². The van der Waals surface area contributed by atoms with Gasteiger partial charge >= 0.3 is 0 Å². The quantitative estimate of drug-likeness (QED) is 0.718. The van der Waals surface area contributed by atoms with Crippen LogP contribution < -0.4 is 0 Å². The number of hydrogen-bond donors (Lipinski definition) is 0. The first-order valence-corrected chi connectivity index (χ1v) is 6.32. The Morgan fingerprint density at radius 2 is 2.05 bits per heavy atom. The molecule has 0 unspecified atom stereocenters. The van der Waals surface area contributed by atoms with E-state index in [0.717, 1.165) is 22.5 Å². The van der Waals surface area contributed by atoms with Crippen LogP contribution in [0.4, 0.5) is 0 Å². The first-order valence-electron chi connectivity index (χ1n) is 5.95. The van der Waals surface area contributed by atoms with Crippen molar-refractivity contribution in [3.63, 3.8) is 0 Å². The smallest absolute Gasteiger partial charge is 0.0988 e. The summed E-state index contributed by atoms with van der Waals surface area (Å²) in [6.07, 6.45) is 5.77. The minimum Gasteiger partial charge on any atom is -0.275 e. The summed E-state index contributed by atoms with van der Waals surface area (Å²) in [6, 6.07) is 7.63. The Morgan fingerprint density at radius 1 is 1.21 bits per heavy atom. The van der Waals surface area contributed by atoms with Gasteiger partial charge in [0.1, 0.15) is 0 Å². The molecule has 3 aromatic rings. The minimum absolute atomic E-state index is 0.702. The molecule has 0 radical (unpaired) electrons. The van der Waals surface area contributed by atoms with Crippen molar-refractivity contribution in [1.29, 1.82) is 0 Å². The van der Waals surface area contributed by atoms with Gasteiger partial charge in [-0.2, -0.15) is 10.2 Å². The number of aryl methyl sites for hydroxylation is 2. The molecule has 0 bridgehead atoms. The molecule has 0 saturated carbocycles. The zero-order chi connectivity index (χ0) is 13.4. The molecule has 0 aliphatic rings. The highest BCUT2D eigenvalue weighted by atomic mass is 35.5. The van der Waals surface area contributed by atoms with Gasteiger partial charge in [0.15, 0.2) is 0 Å². The molecular formula is C14H13ClN4. The number of benzene rings is 1. The molecule has 0 fully saturated rings. The lowest BCUT2D eigenvalue weighted by Gasteiger charge is -2.00. The van der Waals surface area contributed by atoms with Gasteiger partial charge in [0.2, 0.25) is 0 Å². The molecule has 0 N–H and O–H groups in total. The molecule has 19 heavy (non-hydrogen) atoms. The number of nitrogens with zero attached hydrogens (tertiary/aromatic N) is 4. The van der Waals surface area contributed by atoms with E-state index in [1.165, 1.54) is 0 Å². The van der Waals surface area contributed by atoms with Crippen LogP contribution in [0.5, 0.6) is 0 Å². The van der Waals surface area contributed by atoms with E-state index in [2.05, 4.69) is 10.2 Å². The van der Waals surface area contributed by atoms with Crippen molar-refractivity contribution in [1.82, 2.24) is 19.6 Å².